The fourth-order valence-electron chi connectivity index (χ4n) is 4.04. The van der Waals surface area contributed by atoms with Gasteiger partial charge in [0, 0.05) is 5.56 Å². The molecule has 0 atom stereocenters. The maximum atomic E-state index is 12.6. The quantitative estimate of drug-likeness (QED) is 0.426. The van der Waals surface area contributed by atoms with E-state index in [9.17, 15) is 4.79 Å². The molecule has 1 aliphatic rings. The molecule has 0 aliphatic carbocycles. The molecule has 1 aliphatic heterocycles. The first-order valence-electron chi connectivity index (χ1n) is 10.4. The molecule has 5 rings (SSSR count). The molecule has 0 radical (unpaired) electrons. The molecular formula is C26H23N3O2. The predicted molar refractivity (Wildman–Crippen MR) is 124 cm³/mol. The largest absolute Gasteiger partial charge is 0.465 e. The van der Waals surface area contributed by atoms with E-state index in [1.807, 2.05) is 54.3 Å². The summed E-state index contributed by atoms with van der Waals surface area (Å²) in [5, 5.41) is 0. The van der Waals surface area contributed by atoms with Gasteiger partial charge in [0.25, 0.3) is 0 Å². The number of ether oxygens (including phenoxy) is 1. The summed E-state index contributed by atoms with van der Waals surface area (Å²) in [6.45, 7) is 4.35. The lowest BCUT2D eigenvalue weighted by Crippen LogP contribution is -2.33. The number of aryl methyl sites for hydroxylation is 1. The van der Waals surface area contributed by atoms with Gasteiger partial charge in [-0.05, 0) is 37.6 Å². The van der Waals surface area contributed by atoms with Crippen molar-refractivity contribution in [3.63, 3.8) is 0 Å². The number of esters is 1. The number of anilines is 1. The summed E-state index contributed by atoms with van der Waals surface area (Å²) in [5.41, 5.74) is 6.90. The van der Waals surface area contributed by atoms with E-state index in [2.05, 4.69) is 47.7 Å². The van der Waals surface area contributed by atoms with Gasteiger partial charge in [-0.1, -0.05) is 66.2 Å². The van der Waals surface area contributed by atoms with Crippen LogP contribution in [0.3, 0.4) is 0 Å². The number of imidazole rings is 1. The van der Waals surface area contributed by atoms with Crippen molar-refractivity contribution in [1.82, 2.24) is 9.38 Å². The number of hydrogen-bond donors (Lipinski definition) is 0. The number of carbonyl (C=O) groups is 1. The first-order chi connectivity index (χ1) is 15.2. The Labute approximate surface area is 181 Å². The lowest BCUT2D eigenvalue weighted by molar-refractivity contribution is -0.141. The molecule has 5 nitrogen and oxygen atoms in total. The molecule has 5 heteroatoms. The first-order valence-corrected chi connectivity index (χ1v) is 10.4. The van der Waals surface area contributed by atoms with E-state index in [-0.39, 0.29) is 12.5 Å². The molecule has 0 bridgehead atoms. The summed E-state index contributed by atoms with van der Waals surface area (Å²) < 4.78 is 7.43. The van der Waals surface area contributed by atoms with E-state index in [1.54, 1.807) is 0 Å². The molecule has 0 saturated heterocycles. The van der Waals surface area contributed by atoms with E-state index in [0.29, 0.717) is 6.61 Å². The highest BCUT2D eigenvalue weighted by atomic mass is 16.5. The summed E-state index contributed by atoms with van der Waals surface area (Å²) in [6.07, 6.45) is 2.11. The van der Waals surface area contributed by atoms with Crippen molar-refractivity contribution in [1.29, 1.82) is 0 Å². The van der Waals surface area contributed by atoms with Crippen LogP contribution in [0.4, 0.5) is 5.82 Å². The van der Waals surface area contributed by atoms with Crippen LogP contribution in [0.5, 0.6) is 0 Å². The van der Waals surface area contributed by atoms with Crippen LogP contribution < -0.4 is 4.90 Å². The zero-order valence-electron chi connectivity index (χ0n) is 17.6. The zero-order valence-corrected chi connectivity index (χ0v) is 17.6. The summed E-state index contributed by atoms with van der Waals surface area (Å²) >= 11 is 0. The van der Waals surface area contributed by atoms with E-state index in [4.69, 9.17) is 9.72 Å². The normalized spacial score (nSPS) is 12.7. The Morgan fingerprint density at radius 2 is 1.71 bits per heavy atom. The third-order valence-electron chi connectivity index (χ3n) is 5.47. The summed E-state index contributed by atoms with van der Waals surface area (Å²) in [5.74, 6) is 0.608. The molecular weight excluding hydrogens is 386 g/mol. The van der Waals surface area contributed by atoms with Gasteiger partial charge in [0.2, 0.25) is 0 Å². The van der Waals surface area contributed by atoms with Crippen LogP contribution in [0, 0.1) is 6.92 Å². The molecule has 0 spiro atoms. The third-order valence-corrected chi connectivity index (χ3v) is 5.47. The van der Waals surface area contributed by atoms with Crippen molar-refractivity contribution in [2.24, 2.45) is 0 Å². The van der Waals surface area contributed by atoms with Gasteiger partial charge in [-0.15, -0.1) is 0 Å². The molecule has 3 heterocycles. The number of aromatic nitrogens is 2. The van der Waals surface area contributed by atoms with E-state index in [1.165, 1.54) is 5.56 Å². The van der Waals surface area contributed by atoms with E-state index >= 15 is 0 Å². The summed E-state index contributed by atoms with van der Waals surface area (Å²) in [7, 11) is 0. The molecule has 0 saturated carbocycles. The predicted octanol–water partition coefficient (Wildman–Crippen LogP) is 5.19. The highest BCUT2D eigenvalue weighted by Crippen LogP contribution is 2.40. The Morgan fingerprint density at radius 3 is 2.45 bits per heavy atom. The molecule has 2 aromatic carbocycles. The van der Waals surface area contributed by atoms with Gasteiger partial charge < -0.3 is 9.64 Å². The maximum absolute atomic E-state index is 12.6. The molecule has 31 heavy (non-hydrogen) atoms. The van der Waals surface area contributed by atoms with Gasteiger partial charge >= 0.3 is 5.97 Å². The minimum atomic E-state index is -0.270. The fourth-order valence-corrected chi connectivity index (χ4v) is 4.04. The number of nitrogens with zero attached hydrogens (tertiary/aromatic N) is 3. The standard InChI is InChI=1S/C26H23N3O2/c1-3-31-24(30)17-28-22(19-14-12-18(2)13-15-19)16-21-10-7-11-23-27-25(26(28)29(21)23)20-8-5-4-6-9-20/h4-16H,3,17H2,1-2H3. The second-order valence-electron chi connectivity index (χ2n) is 7.58. The molecule has 0 unspecified atom stereocenters. The van der Waals surface area contributed by atoms with Gasteiger partial charge in [0.15, 0.2) is 0 Å². The van der Waals surface area contributed by atoms with E-state index in [0.717, 1.165) is 39.7 Å². The van der Waals surface area contributed by atoms with Crippen LogP contribution in [0.25, 0.3) is 28.7 Å². The number of rotatable bonds is 5. The molecule has 2 aromatic heterocycles. The van der Waals surface area contributed by atoms with Crippen LogP contribution in [-0.2, 0) is 9.53 Å². The molecule has 0 amide bonds. The van der Waals surface area contributed by atoms with Crippen molar-refractivity contribution < 1.29 is 9.53 Å². The Kier molecular flexibility index (Phi) is 4.79. The monoisotopic (exact) mass is 409 g/mol. The van der Waals surface area contributed by atoms with Gasteiger partial charge in [-0.2, -0.15) is 0 Å². The van der Waals surface area contributed by atoms with Crippen molar-refractivity contribution in [2.75, 3.05) is 18.1 Å². The van der Waals surface area contributed by atoms with Crippen LogP contribution in [0.15, 0.2) is 72.8 Å². The Bertz CT molecular complexity index is 1290. The molecule has 154 valence electrons. The summed E-state index contributed by atoms with van der Waals surface area (Å²) in [6, 6.07) is 24.5. The van der Waals surface area contributed by atoms with Crippen LogP contribution in [-0.4, -0.2) is 28.5 Å². The average Bonchev–Trinajstić information content (AvgIpc) is 3.18. The van der Waals surface area contributed by atoms with Crippen molar-refractivity contribution >= 4 is 29.2 Å². The van der Waals surface area contributed by atoms with Crippen molar-refractivity contribution in [2.45, 2.75) is 13.8 Å². The van der Waals surface area contributed by atoms with Gasteiger partial charge in [0.05, 0.1) is 18.0 Å². The van der Waals surface area contributed by atoms with E-state index < -0.39 is 0 Å². The van der Waals surface area contributed by atoms with Crippen molar-refractivity contribution in [3.8, 4) is 11.3 Å². The van der Waals surface area contributed by atoms with Crippen molar-refractivity contribution in [3.05, 3.63) is 89.6 Å². The van der Waals surface area contributed by atoms with Crippen LogP contribution in [0.1, 0.15) is 23.7 Å². The fraction of sp³-hybridized carbons (Fsp3) is 0.154. The Balaban J connectivity index is 1.75. The maximum Gasteiger partial charge on any atom is 0.326 e. The molecule has 4 aromatic rings. The van der Waals surface area contributed by atoms with Crippen LogP contribution >= 0.6 is 0 Å². The third kappa shape index (κ3) is 3.38. The van der Waals surface area contributed by atoms with Gasteiger partial charge in [0.1, 0.15) is 23.7 Å². The summed E-state index contributed by atoms with van der Waals surface area (Å²) in [4.78, 5) is 19.6. The second-order valence-corrected chi connectivity index (χ2v) is 7.58. The lowest BCUT2D eigenvalue weighted by Gasteiger charge is -2.31. The number of benzene rings is 2. The minimum absolute atomic E-state index is 0.107. The second kappa shape index (κ2) is 7.76. The smallest absolute Gasteiger partial charge is 0.326 e. The van der Waals surface area contributed by atoms with Gasteiger partial charge in [-0.3, -0.25) is 9.20 Å². The number of hydrogen-bond acceptors (Lipinski definition) is 4. The lowest BCUT2D eigenvalue weighted by atomic mass is 10.0. The zero-order chi connectivity index (χ0) is 21.4. The highest BCUT2D eigenvalue weighted by molar-refractivity contribution is 5.99. The Morgan fingerprint density at radius 1 is 0.935 bits per heavy atom. The topological polar surface area (TPSA) is 46.8 Å². The number of pyridine rings is 1. The first kappa shape index (κ1) is 19.1. The molecule has 0 fully saturated rings. The Hall–Kier alpha value is -3.86. The minimum Gasteiger partial charge on any atom is -0.465 e. The molecule has 0 N–H and O–H groups in total. The number of carbonyl (C=O) groups excluding carboxylic acids is 1. The van der Waals surface area contributed by atoms with Gasteiger partial charge in [-0.25, -0.2) is 4.98 Å². The average molecular weight is 409 g/mol. The SMILES string of the molecule is CCOC(=O)CN1C(c2ccc(C)cc2)=Cc2cccc3nc(-c4ccccc4)c1n23. The highest BCUT2D eigenvalue weighted by Gasteiger charge is 2.29. The van der Waals surface area contributed by atoms with Crippen LogP contribution in [0.2, 0.25) is 0 Å².